The normalized spacial score (nSPS) is 19.3. The van der Waals surface area contributed by atoms with Gasteiger partial charge >= 0.3 is 0 Å². The Balaban J connectivity index is 1.70. The molecule has 21 heavy (non-hydrogen) atoms. The van der Waals surface area contributed by atoms with Crippen LogP contribution < -0.4 is 5.73 Å². The molecule has 0 spiro atoms. The Kier molecular flexibility index (Phi) is 3.15. The Morgan fingerprint density at radius 2 is 2.05 bits per heavy atom. The van der Waals surface area contributed by atoms with Crippen LogP contribution in [0.3, 0.4) is 0 Å². The van der Waals surface area contributed by atoms with Crippen molar-refractivity contribution < 1.29 is 0 Å². The van der Waals surface area contributed by atoms with Gasteiger partial charge in [-0.15, -0.1) is 11.3 Å². The predicted octanol–water partition coefficient (Wildman–Crippen LogP) is 2.09. The fourth-order valence-electron chi connectivity index (χ4n) is 3.21. The van der Waals surface area contributed by atoms with Crippen molar-refractivity contribution in [2.75, 3.05) is 25.9 Å². The third kappa shape index (κ3) is 2.32. The van der Waals surface area contributed by atoms with Crippen LogP contribution in [0, 0.1) is 0 Å². The van der Waals surface area contributed by atoms with Crippen LogP contribution >= 0.6 is 11.3 Å². The van der Waals surface area contributed by atoms with Gasteiger partial charge in [0.1, 0.15) is 0 Å². The van der Waals surface area contributed by atoms with Crippen molar-refractivity contribution in [1.82, 2.24) is 19.9 Å². The number of aromatic nitrogens is 3. The summed E-state index contributed by atoms with van der Waals surface area (Å²) in [6.07, 6.45) is 6.26. The lowest BCUT2D eigenvalue weighted by Crippen LogP contribution is -2.29. The molecule has 3 heterocycles. The number of thiazole rings is 1. The van der Waals surface area contributed by atoms with Crippen LogP contribution in [0.25, 0.3) is 10.6 Å². The van der Waals surface area contributed by atoms with Crippen molar-refractivity contribution in [1.29, 1.82) is 0 Å². The average Bonchev–Trinajstić information content (AvgIpc) is 2.92. The van der Waals surface area contributed by atoms with Gasteiger partial charge in [0, 0.05) is 12.1 Å². The van der Waals surface area contributed by atoms with Gasteiger partial charge < -0.3 is 10.6 Å². The quantitative estimate of drug-likeness (QED) is 0.873. The molecule has 4 rings (SSSR count). The van der Waals surface area contributed by atoms with Crippen molar-refractivity contribution in [3.8, 4) is 10.6 Å². The summed E-state index contributed by atoms with van der Waals surface area (Å²) in [5, 5.41) is 1.29. The first kappa shape index (κ1) is 13.2. The summed E-state index contributed by atoms with van der Waals surface area (Å²) in [4.78, 5) is 17.1. The first-order valence-electron chi connectivity index (χ1n) is 7.50. The van der Waals surface area contributed by atoms with Crippen LogP contribution in [0.15, 0.2) is 6.20 Å². The Labute approximate surface area is 128 Å². The minimum atomic E-state index is 0.357. The van der Waals surface area contributed by atoms with Crippen LogP contribution in [-0.2, 0) is 12.8 Å². The molecular weight excluding hydrogens is 282 g/mol. The van der Waals surface area contributed by atoms with E-state index in [4.69, 9.17) is 10.7 Å². The molecule has 0 aromatic carbocycles. The first-order chi connectivity index (χ1) is 10.2. The predicted molar refractivity (Wildman–Crippen MR) is 84.4 cm³/mol. The highest BCUT2D eigenvalue weighted by Crippen LogP contribution is 2.40. The molecule has 0 atom stereocenters. The number of likely N-dealkylation sites (tertiary alicyclic amines) is 1. The van der Waals surface area contributed by atoms with Gasteiger partial charge in [0.25, 0.3) is 0 Å². The molecular formula is C15H19N5S. The van der Waals surface area contributed by atoms with Crippen molar-refractivity contribution >= 4 is 17.3 Å². The van der Waals surface area contributed by atoms with Crippen LogP contribution in [0.1, 0.15) is 35.0 Å². The van der Waals surface area contributed by atoms with Gasteiger partial charge in [0.2, 0.25) is 5.95 Å². The molecule has 5 nitrogen and oxygen atoms in total. The van der Waals surface area contributed by atoms with E-state index in [1.54, 1.807) is 0 Å². The maximum absolute atomic E-state index is 5.76. The molecule has 2 aliphatic rings. The third-order valence-corrected chi connectivity index (χ3v) is 5.78. The van der Waals surface area contributed by atoms with Crippen molar-refractivity contribution in [3.63, 3.8) is 0 Å². The summed E-state index contributed by atoms with van der Waals surface area (Å²) in [5.74, 6) is 0.968. The van der Waals surface area contributed by atoms with Crippen molar-refractivity contribution in [3.05, 3.63) is 22.5 Å². The second-order valence-electron chi connectivity index (χ2n) is 6.01. The highest BCUT2D eigenvalue weighted by atomic mass is 32.1. The lowest BCUT2D eigenvalue weighted by Gasteiger charge is -2.27. The van der Waals surface area contributed by atoms with Crippen molar-refractivity contribution in [2.45, 2.75) is 31.6 Å². The Morgan fingerprint density at radius 3 is 2.86 bits per heavy atom. The topological polar surface area (TPSA) is 67.9 Å². The van der Waals surface area contributed by atoms with E-state index in [0.29, 0.717) is 11.9 Å². The third-order valence-electron chi connectivity index (χ3n) is 4.51. The highest BCUT2D eigenvalue weighted by Gasteiger charge is 2.27. The Bertz CT molecular complexity index is 673. The van der Waals surface area contributed by atoms with E-state index in [9.17, 15) is 0 Å². The fourth-order valence-corrected chi connectivity index (χ4v) is 4.51. The molecule has 0 unspecified atom stereocenters. The molecule has 110 valence electrons. The zero-order chi connectivity index (χ0) is 14.4. The molecule has 6 heteroatoms. The summed E-state index contributed by atoms with van der Waals surface area (Å²) in [7, 11) is 2.19. The van der Waals surface area contributed by atoms with Gasteiger partial charge in [0.05, 0.1) is 21.3 Å². The lowest BCUT2D eigenvalue weighted by atomic mass is 9.97. The number of nitrogens with two attached hydrogens (primary N) is 1. The molecule has 0 bridgehead atoms. The van der Waals surface area contributed by atoms with Gasteiger partial charge in [0.15, 0.2) is 0 Å². The summed E-state index contributed by atoms with van der Waals surface area (Å²) in [6, 6.07) is 0. The van der Waals surface area contributed by atoms with E-state index >= 15 is 0 Å². The van der Waals surface area contributed by atoms with Gasteiger partial charge in [-0.3, -0.25) is 0 Å². The van der Waals surface area contributed by atoms with Gasteiger partial charge in [-0.25, -0.2) is 15.0 Å². The van der Waals surface area contributed by atoms with Crippen LogP contribution in [0.5, 0.6) is 0 Å². The molecule has 2 aromatic rings. The molecule has 0 amide bonds. The maximum atomic E-state index is 5.76. The van der Waals surface area contributed by atoms with Crippen LogP contribution in [0.4, 0.5) is 5.95 Å². The Morgan fingerprint density at radius 1 is 1.24 bits per heavy atom. The highest BCUT2D eigenvalue weighted by molar-refractivity contribution is 7.15. The second kappa shape index (κ2) is 5.03. The number of hydrogen-bond acceptors (Lipinski definition) is 6. The smallest absolute Gasteiger partial charge is 0.220 e. The second-order valence-corrected chi connectivity index (χ2v) is 7.04. The fraction of sp³-hybridized carbons (Fsp3) is 0.533. The summed E-state index contributed by atoms with van der Waals surface area (Å²) in [6.45, 7) is 2.33. The van der Waals surface area contributed by atoms with E-state index in [2.05, 4.69) is 21.9 Å². The number of piperidine rings is 1. The number of hydrogen-bond donors (Lipinski definition) is 1. The SMILES string of the molecule is CN1CCC(c2nc3c(s2)-c2nc(N)ncc2CC3)CC1. The zero-order valence-electron chi connectivity index (χ0n) is 12.2. The van der Waals surface area contributed by atoms with E-state index in [1.165, 1.54) is 47.1 Å². The minimum absolute atomic E-state index is 0.357. The monoisotopic (exact) mass is 301 g/mol. The lowest BCUT2D eigenvalue weighted by molar-refractivity contribution is 0.255. The van der Waals surface area contributed by atoms with E-state index < -0.39 is 0 Å². The maximum Gasteiger partial charge on any atom is 0.220 e. The van der Waals surface area contributed by atoms with Crippen molar-refractivity contribution in [2.24, 2.45) is 0 Å². The molecule has 1 saturated heterocycles. The molecule has 2 N–H and O–H groups in total. The summed E-state index contributed by atoms with van der Waals surface area (Å²) < 4.78 is 0. The number of nitrogen functional groups attached to an aromatic ring is 1. The molecule has 2 aromatic heterocycles. The molecule has 1 aliphatic heterocycles. The molecule has 0 saturated carbocycles. The zero-order valence-corrected chi connectivity index (χ0v) is 13.0. The average molecular weight is 301 g/mol. The van der Waals surface area contributed by atoms with Gasteiger partial charge in [-0.05, 0) is 51.4 Å². The van der Waals surface area contributed by atoms with Gasteiger partial charge in [-0.2, -0.15) is 0 Å². The number of aryl methyl sites for hydroxylation is 2. The largest absolute Gasteiger partial charge is 0.368 e. The summed E-state index contributed by atoms with van der Waals surface area (Å²) >= 11 is 1.82. The standard InChI is InChI=1S/C15H19N5S/c1-20-6-4-9(5-7-20)14-18-11-3-2-10-8-17-15(16)19-12(10)13(11)21-14/h8-9H,2-7H2,1H3,(H2,16,17,19). The van der Waals surface area contributed by atoms with Crippen LogP contribution in [-0.4, -0.2) is 40.0 Å². The molecule has 0 radical (unpaired) electrons. The van der Waals surface area contributed by atoms with Crippen LogP contribution in [0.2, 0.25) is 0 Å². The van der Waals surface area contributed by atoms with Gasteiger partial charge in [-0.1, -0.05) is 0 Å². The number of anilines is 1. The van der Waals surface area contributed by atoms with E-state index in [0.717, 1.165) is 18.5 Å². The number of rotatable bonds is 1. The summed E-state index contributed by atoms with van der Waals surface area (Å²) in [5.41, 5.74) is 9.19. The number of fused-ring (bicyclic) bond motifs is 3. The number of nitrogens with zero attached hydrogens (tertiary/aromatic N) is 4. The molecule has 1 fully saturated rings. The first-order valence-corrected chi connectivity index (χ1v) is 8.32. The Hall–Kier alpha value is -1.53. The van der Waals surface area contributed by atoms with E-state index in [-0.39, 0.29) is 0 Å². The van der Waals surface area contributed by atoms with E-state index in [1.807, 2.05) is 17.5 Å². The minimum Gasteiger partial charge on any atom is -0.368 e. The molecule has 1 aliphatic carbocycles.